The van der Waals surface area contributed by atoms with Gasteiger partial charge in [-0.2, -0.15) is 0 Å². The number of anilines is 1. The van der Waals surface area contributed by atoms with Crippen LogP contribution >= 0.6 is 0 Å². The van der Waals surface area contributed by atoms with E-state index in [1.165, 1.54) is 45.6 Å². The van der Waals surface area contributed by atoms with E-state index in [9.17, 15) is 4.39 Å². The molecule has 34 heavy (non-hydrogen) atoms. The Hall–Kier alpha value is -3.16. The van der Waals surface area contributed by atoms with Crippen molar-refractivity contribution >= 4 is 5.69 Å². The molecule has 0 aliphatic carbocycles. The monoisotopic (exact) mass is 454 g/mol. The maximum atomic E-state index is 13.1. The Balaban J connectivity index is 1.59. The van der Waals surface area contributed by atoms with Gasteiger partial charge in [0.2, 0.25) is 0 Å². The molecule has 0 amide bonds. The topological polar surface area (TPSA) is 16.1 Å². The molecule has 0 N–H and O–H groups in total. The van der Waals surface area contributed by atoms with E-state index in [2.05, 4.69) is 69.2 Å². The van der Waals surface area contributed by atoms with Gasteiger partial charge >= 0.3 is 0 Å². The summed E-state index contributed by atoms with van der Waals surface area (Å²) in [6.07, 6.45) is 5.80. The van der Waals surface area contributed by atoms with Gasteiger partial charge < -0.3 is 4.90 Å². The fourth-order valence-electron chi connectivity index (χ4n) is 5.11. The molecule has 0 radical (unpaired) electrons. The minimum Gasteiger partial charge on any atom is -0.369 e. The highest BCUT2D eigenvalue weighted by atomic mass is 19.1. The number of nitrogens with zero attached hydrogens (tertiary/aromatic N) is 2. The smallest absolute Gasteiger partial charge is 0.123 e. The normalized spacial score (nSPS) is 14.4. The first-order chi connectivity index (χ1) is 16.3. The zero-order valence-corrected chi connectivity index (χ0v) is 20.9. The minimum absolute atomic E-state index is 0.176. The van der Waals surface area contributed by atoms with E-state index in [4.69, 9.17) is 4.98 Å². The number of hydrogen-bond donors (Lipinski definition) is 0. The van der Waals surface area contributed by atoms with Crippen molar-refractivity contribution in [3.63, 3.8) is 0 Å². The molecule has 0 bridgehead atoms. The lowest BCUT2D eigenvalue weighted by atomic mass is 9.82. The minimum atomic E-state index is -0.176. The van der Waals surface area contributed by atoms with Gasteiger partial charge in [0.25, 0.3) is 0 Å². The molecule has 0 unspecified atom stereocenters. The summed E-state index contributed by atoms with van der Waals surface area (Å²) < 4.78 is 13.1. The molecule has 0 spiro atoms. The Morgan fingerprint density at radius 1 is 0.971 bits per heavy atom. The molecule has 176 valence electrons. The molecule has 1 aromatic heterocycles. The summed E-state index contributed by atoms with van der Waals surface area (Å²) in [5, 5.41) is 0. The largest absolute Gasteiger partial charge is 0.369 e. The highest BCUT2D eigenvalue weighted by molar-refractivity contribution is 5.84. The third-order valence-corrected chi connectivity index (χ3v) is 6.75. The van der Waals surface area contributed by atoms with Gasteiger partial charge in [-0.25, -0.2) is 4.39 Å². The van der Waals surface area contributed by atoms with Crippen LogP contribution in [0.25, 0.3) is 11.1 Å². The molecule has 0 saturated carbocycles. The Morgan fingerprint density at radius 2 is 1.56 bits per heavy atom. The van der Waals surface area contributed by atoms with Crippen molar-refractivity contribution in [1.29, 1.82) is 0 Å². The Bertz CT molecular complexity index is 1190. The number of hydrogen-bond acceptors (Lipinski definition) is 2. The lowest BCUT2D eigenvalue weighted by Crippen LogP contribution is -2.53. The molecule has 0 atom stereocenters. The van der Waals surface area contributed by atoms with Crippen molar-refractivity contribution in [2.75, 3.05) is 18.0 Å². The molecular weight excluding hydrogens is 419 g/mol. The van der Waals surface area contributed by atoms with E-state index in [1.54, 1.807) is 0 Å². The van der Waals surface area contributed by atoms with Gasteiger partial charge in [-0.3, -0.25) is 4.98 Å². The molecule has 1 aliphatic rings. The second kappa shape index (κ2) is 9.99. The standard InChI is InChI=1S/C31H35FN2/c1-6-7-11-28-22(2)33-23(3)29(30(28)34-20-31(4,5)21-34)26-16-12-24(13-17-26)9-8-10-25-14-18-27(32)19-15-25/h7,12-19H,1,8-11,20-21H2,2-5H3. The highest BCUT2D eigenvalue weighted by Gasteiger charge is 2.37. The predicted octanol–water partition coefficient (Wildman–Crippen LogP) is 7.41. The van der Waals surface area contributed by atoms with Gasteiger partial charge in [0.15, 0.2) is 0 Å². The zero-order chi connectivity index (χ0) is 24.3. The van der Waals surface area contributed by atoms with Crippen LogP contribution in [0.3, 0.4) is 0 Å². The summed E-state index contributed by atoms with van der Waals surface area (Å²) >= 11 is 0. The molecule has 1 saturated heterocycles. The molecule has 2 nitrogen and oxygen atoms in total. The summed E-state index contributed by atoms with van der Waals surface area (Å²) in [7, 11) is 0. The molecule has 3 heteroatoms. The molecule has 1 aliphatic heterocycles. The zero-order valence-electron chi connectivity index (χ0n) is 20.9. The molecule has 4 rings (SSSR count). The first-order valence-corrected chi connectivity index (χ1v) is 12.2. The number of halogens is 1. The number of aryl methyl sites for hydroxylation is 4. The van der Waals surface area contributed by atoms with Gasteiger partial charge in [0.05, 0.1) is 5.69 Å². The second-order valence-electron chi connectivity index (χ2n) is 10.3. The maximum Gasteiger partial charge on any atom is 0.123 e. The van der Waals surface area contributed by atoms with Crippen LogP contribution in [0.2, 0.25) is 0 Å². The molecule has 1 fully saturated rings. The van der Waals surface area contributed by atoms with E-state index >= 15 is 0 Å². The summed E-state index contributed by atoms with van der Waals surface area (Å²) in [6, 6.07) is 15.8. The fraction of sp³-hybridized carbons (Fsp3) is 0.355. The summed E-state index contributed by atoms with van der Waals surface area (Å²) in [5.41, 5.74) is 13.0. The van der Waals surface area contributed by atoms with E-state index in [-0.39, 0.29) is 5.82 Å². The average molecular weight is 455 g/mol. The van der Waals surface area contributed by atoms with Crippen LogP contribution in [0.15, 0.2) is 66.9 Å². The van der Waals surface area contributed by atoms with Gasteiger partial charge in [0, 0.05) is 42.0 Å². The van der Waals surface area contributed by atoms with Crippen molar-refractivity contribution in [1.82, 2.24) is 4.98 Å². The lowest BCUT2D eigenvalue weighted by molar-refractivity contribution is 0.276. The summed E-state index contributed by atoms with van der Waals surface area (Å²) in [4.78, 5) is 7.44. The second-order valence-corrected chi connectivity index (χ2v) is 10.3. The van der Waals surface area contributed by atoms with Gasteiger partial charge in [0.1, 0.15) is 5.82 Å². The van der Waals surface area contributed by atoms with Crippen molar-refractivity contribution in [3.05, 3.63) is 101 Å². The summed E-state index contributed by atoms with van der Waals surface area (Å²) in [6.45, 7) is 14.8. The third-order valence-electron chi connectivity index (χ3n) is 6.75. The first kappa shape index (κ1) is 24.0. The van der Waals surface area contributed by atoms with E-state index in [0.29, 0.717) is 5.41 Å². The van der Waals surface area contributed by atoms with Crippen LogP contribution in [0.1, 0.15) is 48.3 Å². The van der Waals surface area contributed by atoms with Gasteiger partial charge in [-0.15, -0.1) is 5.73 Å². The molecule has 2 heterocycles. The number of allylic oxidation sites excluding steroid dienone is 1. The first-order valence-electron chi connectivity index (χ1n) is 12.2. The highest BCUT2D eigenvalue weighted by Crippen LogP contribution is 2.43. The van der Waals surface area contributed by atoms with Crippen LogP contribution in [0.5, 0.6) is 0 Å². The lowest BCUT2D eigenvalue weighted by Gasteiger charge is -2.49. The van der Waals surface area contributed by atoms with Crippen LogP contribution in [-0.4, -0.2) is 18.1 Å². The van der Waals surface area contributed by atoms with Crippen LogP contribution in [0.4, 0.5) is 10.1 Å². The third kappa shape index (κ3) is 5.32. The van der Waals surface area contributed by atoms with Crippen LogP contribution in [0, 0.1) is 25.1 Å². The Kier molecular flexibility index (Phi) is 7.05. The van der Waals surface area contributed by atoms with Crippen LogP contribution in [-0.2, 0) is 19.3 Å². The Morgan fingerprint density at radius 3 is 2.12 bits per heavy atom. The fourth-order valence-corrected chi connectivity index (χ4v) is 5.11. The summed E-state index contributed by atoms with van der Waals surface area (Å²) in [5.74, 6) is -0.176. The quantitative estimate of drug-likeness (QED) is 0.329. The number of benzene rings is 2. The predicted molar refractivity (Wildman–Crippen MR) is 141 cm³/mol. The van der Waals surface area contributed by atoms with Gasteiger partial charge in [-0.05, 0) is 73.4 Å². The van der Waals surface area contributed by atoms with E-state index < -0.39 is 0 Å². The number of pyridine rings is 1. The van der Waals surface area contributed by atoms with Gasteiger partial charge in [-0.1, -0.05) is 56.8 Å². The molecule has 2 aromatic carbocycles. The maximum absolute atomic E-state index is 13.1. The van der Waals surface area contributed by atoms with Crippen molar-refractivity contribution in [3.8, 4) is 11.1 Å². The average Bonchev–Trinajstić information content (AvgIpc) is 2.78. The van der Waals surface area contributed by atoms with Crippen molar-refractivity contribution < 1.29 is 4.39 Å². The van der Waals surface area contributed by atoms with E-state index in [1.807, 2.05) is 18.2 Å². The molecular formula is C31H35FN2. The number of rotatable bonds is 8. The number of aromatic nitrogens is 1. The van der Waals surface area contributed by atoms with Crippen LogP contribution < -0.4 is 4.90 Å². The Labute approximate surface area is 203 Å². The molecule has 3 aromatic rings. The van der Waals surface area contributed by atoms with Crippen molar-refractivity contribution in [2.45, 2.75) is 53.4 Å². The SMILES string of the molecule is C=C=CCc1c(C)nc(C)c(-c2ccc(CCCc3ccc(F)cc3)cc2)c1N1CC(C)(C)C1. The van der Waals surface area contributed by atoms with Crippen molar-refractivity contribution in [2.24, 2.45) is 5.41 Å². The van der Waals surface area contributed by atoms with E-state index in [0.717, 1.165) is 50.2 Å².